The minimum atomic E-state index is 0.220. The summed E-state index contributed by atoms with van der Waals surface area (Å²) in [6, 6.07) is 4.66. The van der Waals surface area contributed by atoms with Crippen LogP contribution in [-0.2, 0) is 9.47 Å². The molecule has 1 atom stereocenters. The van der Waals surface area contributed by atoms with E-state index in [2.05, 4.69) is 25.3 Å². The van der Waals surface area contributed by atoms with Gasteiger partial charge in [0.15, 0.2) is 0 Å². The van der Waals surface area contributed by atoms with Crippen molar-refractivity contribution < 1.29 is 14.0 Å². The van der Waals surface area contributed by atoms with E-state index in [9.17, 15) is 0 Å². The molecule has 0 spiro atoms. The van der Waals surface area contributed by atoms with Crippen LogP contribution in [0.15, 0.2) is 22.9 Å². The number of nitrogens with zero attached hydrogens (tertiary/aromatic N) is 4. The molecule has 0 radical (unpaired) electrons. The molecule has 0 aliphatic carbocycles. The van der Waals surface area contributed by atoms with Crippen molar-refractivity contribution in [2.75, 3.05) is 45.3 Å². The van der Waals surface area contributed by atoms with Crippen molar-refractivity contribution in [3.8, 4) is 11.4 Å². The molecular weight excluding hydrogens is 346 g/mol. The molecule has 0 aromatic carbocycles. The summed E-state index contributed by atoms with van der Waals surface area (Å²) in [5.74, 6) is 2.12. The highest BCUT2D eigenvalue weighted by molar-refractivity contribution is 5.55. The number of anilines is 1. The van der Waals surface area contributed by atoms with Crippen molar-refractivity contribution >= 4 is 5.82 Å². The highest BCUT2D eigenvalue weighted by Crippen LogP contribution is 2.35. The second-order valence-corrected chi connectivity index (χ2v) is 7.05. The number of hydrogen-bond donors (Lipinski definition) is 1. The topological polar surface area (TPSA) is 85.5 Å². The summed E-state index contributed by atoms with van der Waals surface area (Å²) >= 11 is 0. The second-order valence-electron chi connectivity index (χ2n) is 7.05. The van der Waals surface area contributed by atoms with Crippen molar-refractivity contribution in [2.24, 2.45) is 0 Å². The van der Waals surface area contributed by atoms with E-state index < -0.39 is 0 Å². The number of pyridine rings is 1. The lowest BCUT2D eigenvalue weighted by Crippen LogP contribution is -2.39. The van der Waals surface area contributed by atoms with Crippen LogP contribution >= 0.6 is 0 Å². The van der Waals surface area contributed by atoms with Gasteiger partial charge < -0.3 is 19.3 Å². The van der Waals surface area contributed by atoms with Gasteiger partial charge in [-0.25, -0.2) is 4.98 Å². The summed E-state index contributed by atoms with van der Waals surface area (Å²) in [6.07, 6.45) is 6.18. The Bertz CT molecular complexity index is 714. The van der Waals surface area contributed by atoms with E-state index >= 15 is 0 Å². The lowest BCUT2D eigenvalue weighted by atomic mass is 10.1. The Hall–Kier alpha value is -2.03. The van der Waals surface area contributed by atoms with E-state index in [0.717, 1.165) is 62.8 Å². The molecule has 2 aliphatic heterocycles. The molecule has 8 nitrogen and oxygen atoms in total. The molecule has 27 heavy (non-hydrogen) atoms. The van der Waals surface area contributed by atoms with Crippen LogP contribution in [0.3, 0.4) is 0 Å². The Morgan fingerprint density at radius 2 is 2.15 bits per heavy atom. The lowest BCUT2D eigenvalue weighted by molar-refractivity contribution is 0.0243. The van der Waals surface area contributed by atoms with Gasteiger partial charge in [0.05, 0.1) is 12.6 Å². The maximum absolute atomic E-state index is 5.64. The van der Waals surface area contributed by atoms with Crippen LogP contribution in [0.5, 0.6) is 0 Å². The molecule has 4 rings (SSSR count). The average molecular weight is 373 g/mol. The zero-order chi connectivity index (χ0) is 18.5. The first kappa shape index (κ1) is 18.3. The monoisotopic (exact) mass is 373 g/mol. The zero-order valence-corrected chi connectivity index (χ0v) is 15.8. The molecule has 1 N–H and O–H groups in total. The average Bonchev–Trinajstić information content (AvgIpc) is 3.39. The van der Waals surface area contributed by atoms with Crippen molar-refractivity contribution in [3.63, 3.8) is 0 Å². The highest BCUT2D eigenvalue weighted by Gasteiger charge is 2.36. The van der Waals surface area contributed by atoms with Gasteiger partial charge in [-0.1, -0.05) is 5.16 Å². The van der Waals surface area contributed by atoms with E-state index in [1.54, 1.807) is 13.3 Å². The Kier molecular flexibility index (Phi) is 5.96. The highest BCUT2D eigenvalue weighted by atomic mass is 16.5. The molecule has 146 valence electrons. The number of hydrogen-bond acceptors (Lipinski definition) is 8. The predicted octanol–water partition coefficient (Wildman–Crippen LogP) is 2.51. The molecule has 4 heterocycles. The number of aromatic nitrogens is 3. The van der Waals surface area contributed by atoms with Crippen LogP contribution in [-0.4, -0.2) is 66.1 Å². The molecular formula is C19H27N5O3. The number of nitrogens with one attached hydrogen (secondary N) is 1. The van der Waals surface area contributed by atoms with Gasteiger partial charge in [0, 0.05) is 44.7 Å². The summed E-state index contributed by atoms with van der Waals surface area (Å²) in [5, 5.41) is 7.40. The summed E-state index contributed by atoms with van der Waals surface area (Å²) < 4.78 is 16.2. The Labute approximate surface area is 159 Å². The fourth-order valence-electron chi connectivity index (χ4n) is 3.91. The SMILES string of the molecule is COCCNc1ccc(-c2noc(C3CCCN3C3CCOCC3)n2)cn1. The predicted molar refractivity (Wildman–Crippen MR) is 100 cm³/mol. The molecule has 2 saturated heterocycles. The molecule has 1 unspecified atom stereocenters. The first-order chi connectivity index (χ1) is 13.3. The fraction of sp³-hybridized carbons (Fsp3) is 0.632. The molecule has 8 heteroatoms. The van der Waals surface area contributed by atoms with Crippen LogP contribution in [0, 0.1) is 0 Å². The number of ether oxygens (including phenoxy) is 2. The molecule has 2 aliphatic rings. The van der Waals surface area contributed by atoms with Gasteiger partial charge in [-0.05, 0) is 44.4 Å². The maximum atomic E-state index is 5.64. The third kappa shape index (κ3) is 4.28. The van der Waals surface area contributed by atoms with Gasteiger partial charge in [0.2, 0.25) is 11.7 Å². The number of rotatable bonds is 7. The third-order valence-electron chi connectivity index (χ3n) is 5.31. The number of methoxy groups -OCH3 is 1. The van der Waals surface area contributed by atoms with Crippen LogP contribution in [0.4, 0.5) is 5.82 Å². The van der Waals surface area contributed by atoms with Crippen LogP contribution < -0.4 is 5.32 Å². The van der Waals surface area contributed by atoms with Gasteiger partial charge in [-0.2, -0.15) is 4.98 Å². The Balaban J connectivity index is 1.43. The Morgan fingerprint density at radius 1 is 1.26 bits per heavy atom. The molecule has 2 aromatic heterocycles. The zero-order valence-electron chi connectivity index (χ0n) is 15.8. The molecule has 0 saturated carbocycles. The van der Waals surface area contributed by atoms with Gasteiger partial charge >= 0.3 is 0 Å². The summed E-state index contributed by atoms with van der Waals surface area (Å²) in [6.45, 7) is 4.15. The second kappa shape index (κ2) is 8.77. The molecule has 0 amide bonds. The van der Waals surface area contributed by atoms with Gasteiger partial charge in [-0.3, -0.25) is 4.90 Å². The minimum Gasteiger partial charge on any atom is -0.383 e. The maximum Gasteiger partial charge on any atom is 0.244 e. The van der Waals surface area contributed by atoms with Crippen LogP contribution in [0.2, 0.25) is 0 Å². The summed E-state index contributed by atoms with van der Waals surface area (Å²) in [4.78, 5) is 11.6. The lowest BCUT2D eigenvalue weighted by Gasteiger charge is -2.33. The Morgan fingerprint density at radius 3 is 2.93 bits per heavy atom. The van der Waals surface area contributed by atoms with Gasteiger partial charge in [-0.15, -0.1) is 0 Å². The largest absolute Gasteiger partial charge is 0.383 e. The van der Waals surface area contributed by atoms with E-state index in [1.807, 2.05) is 12.1 Å². The van der Waals surface area contributed by atoms with Crippen molar-refractivity contribution in [2.45, 2.75) is 37.8 Å². The first-order valence-electron chi connectivity index (χ1n) is 9.71. The summed E-state index contributed by atoms with van der Waals surface area (Å²) in [7, 11) is 1.68. The minimum absolute atomic E-state index is 0.220. The van der Waals surface area contributed by atoms with Crippen LogP contribution in [0.25, 0.3) is 11.4 Å². The third-order valence-corrected chi connectivity index (χ3v) is 5.31. The molecule has 2 fully saturated rings. The first-order valence-corrected chi connectivity index (χ1v) is 9.71. The summed E-state index contributed by atoms with van der Waals surface area (Å²) in [5.41, 5.74) is 0.859. The van der Waals surface area contributed by atoms with Crippen LogP contribution in [0.1, 0.15) is 37.6 Å². The quantitative estimate of drug-likeness (QED) is 0.741. The van der Waals surface area contributed by atoms with E-state index in [4.69, 9.17) is 14.0 Å². The van der Waals surface area contributed by atoms with E-state index in [-0.39, 0.29) is 6.04 Å². The normalized spacial score (nSPS) is 21.6. The van der Waals surface area contributed by atoms with Gasteiger partial charge in [0.25, 0.3) is 0 Å². The van der Waals surface area contributed by atoms with Gasteiger partial charge in [0.1, 0.15) is 5.82 Å². The fourth-order valence-corrected chi connectivity index (χ4v) is 3.91. The smallest absolute Gasteiger partial charge is 0.244 e. The number of likely N-dealkylation sites (tertiary alicyclic amines) is 1. The van der Waals surface area contributed by atoms with E-state index in [1.165, 1.54) is 6.42 Å². The molecule has 0 bridgehead atoms. The van der Waals surface area contributed by atoms with Crippen molar-refractivity contribution in [3.05, 3.63) is 24.2 Å². The van der Waals surface area contributed by atoms with E-state index in [0.29, 0.717) is 18.5 Å². The van der Waals surface area contributed by atoms with Crippen molar-refractivity contribution in [1.82, 2.24) is 20.0 Å². The van der Waals surface area contributed by atoms with Crippen molar-refractivity contribution in [1.29, 1.82) is 0 Å². The standard InChI is InChI=1S/C19H27N5O3/c1-25-12-8-20-17-5-4-14(13-21-17)18-22-19(27-23-18)16-3-2-9-24(16)15-6-10-26-11-7-15/h4-5,13,15-16H,2-3,6-12H2,1H3,(H,20,21). The molecule has 2 aromatic rings.